The van der Waals surface area contributed by atoms with Gasteiger partial charge in [0, 0.05) is 44.7 Å². The van der Waals surface area contributed by atoms with Crippen molar-refractivity contribution in [3.63, 3.8) is 0 Å². The summed E-state index contributed by atoms with van der Waals surface area (Å²) < 4.78 is 0. The number of guanidine groups is 1. The maximum absolute atomic E-state index is 10.0. The van der Waals surface area contributed by atoms with E-state index in [0.717, 1.165) is 70.8 Å². The molecule has 0 bridgehead atoms. The number of likely N-dealkylation sites (tertiary alicyclic amines) is 1. The Hall–Kier alpha value is -1.59. The normalized spacial score (nSPS) is 24.9. The van der Waals surface area contributed by atoms with Crippen LogP contribution < -0.4 is 10.6 Å². The molecule has 150 valence electrons. The summed E-state index contributed by atoms with van der Waals surface area (Å²) in [4.78, 5) is 7.31. The number of benzene rings is 1. The Morgan fingerprint density at radius 2 is 1.96 bits per heavy atom. The first-order valence-corrected chi connectivity index (χ1v) is 10.7. The number of nitrogens with zero attached hydrogens (tertiary/aromatic N) is 2. The number of aliphatic hydroxyl groups excluding tert-OH is 1. The van der Waals surface area contributed by atoms with Crippen molar-refractivity contribution in [1.82, 2.24) is 15.5 Å². The minimum atomic E-state index is -0.165. The average molecular weight is 373 g/mol. The maximum Gasteiger partial charge on any atom is 0.191 e. The molecule has 1 aliphatic heterocycles. The third-order valence-electron chi connectivity index (χ3n) is 6.03. The second-order valence-corrected chi connectivity index (χ2v) is 8.10. The van der Waals surface area contributed by atoms with Crippen molar-refractivity contribution >= 4 is 5.96 Å². The van der Waals surface area contributed by atoms with E-state index in [-0.39, 0.29) is 6.10 Å². The van der Waals surface area contributed by atoms with Gasteiger partial charge in [0.25, 0.3) is 0 Å². The van der Waals surface area contributed by atoms with Crippen LogP contribution in [0.4, 0.5) is 0 Å². The van der Waals surface area contributed by atoms with Crippen LogP contribution in [0.25, 0.3) is 0 Å². The van der Waals surface area contributed by atoms with Crippen LogP contribution in [-0.2, 0) is 6.54 Å². The third kappa shape index (κ3) is 5.94. The minimum absolute atomic E-state index is 0.165. The lowest BCUT2D eigenvalue weighted by Gasteiger charge is -2.33. The van der Waals surface area contributed by atoms with E-state index in [2.05, 4.69) is 53.6 Å². The average Bonchev–Trinajstić information content (AvgIpc) is 3.08. The fourth-order valence-electron chi connectivity index (χ4n) is 4.22. The van der Waals surface area contributed by atoms with Crippen molar-refractivity contribution < 1.29 is 5.11 Å². The number of rotatable bonds is 6. The van der Waals surface area contributed by atoms with Gasteiger partial charge in [-0.2, -0.15) is 0 Å². The Labute approximate surface area is 164 Å². The molecule has 5 heteroatoms. The van der Waals surface area contributed by atoms with Crippen molar-refractivity contribution in [1.29, 1.82) is 0 Å². The van der Waals surface area contributed by atoms with E-state index >= 15 is 0 Å². The van der Waals surface area contributed by atoms with Crippen LogP contribution in [0.3, 0.4) is 0 Å². The van der Waals surface area contributed by atoms with Crippen LogP contribution in [-0.4, -0.2) is 54.3 Å². The maximum atomic E-state index is 10.0. The Balaban J connectivity index is 1.46. The van der Waals surface area contributed by atoms with Gasteiger partial charge in [-0.15, -0.1) is 0 Å². The first kappa shape index (κ1) is 20.2. The van der Waals surface area contributed by atoms with Crippen LogP contribution in [0.2, 0.25) is 0 Å². The molecule has 3 rings (SSSR count). The van der Waals surface area contributed by atoms with E-state index < -0.39 is 0 Å². The second-order valence-electron chi connectivity index (χ2n) is 8.10. The van der Waals surface area contributed by atoms with Gasteiger partial charge in [-0.05, 0) is 50.7 Å². The molecule has 1 saturated heterocycles. The second kappa shape index (κ2) is 10.1. The Bertz CT molecular complexity index is 610. The summed E-state index contributed by atoms with van der Waals surface area (Å²) in [6.45, 7) is 9.18. The van der Waals surface area contributed by atoms with Gasteiger partial charge >= 0.3 is 0 Å². The molecule has 2 unspecified atom stereocenters. The van der Waals surface area contributed by atoms with Gasteiger partial charge in [0.15, 0.2) is 5.96 Å². The molecule has 1 aromatic rings. The molecular formula is C22H36N4O. The fourth-order valence-corrected chi connectivity index (χ4v) is 4.22. The zero-order chi connectivity index (χ0) is 19.1. The molecular weight excluding hydrogens is 336 g/mol. The minimum Gasteiger partial charge on any atom is -0.393 e. The summed E-state index contributed by atoms with van der Waals surface area (Å²) in [5.41, 5.74) is 2.82. The van der Waals surface area contributed by atoms with Gasteiger partial charge in [-0.1, -0.05) is 30.7 Å². The van der Waals surface area contributed by atoms with Gasteiger partial charge in [0.05, 0.1) is 6.10 Å². The lowest BCUT2D eigenvalue weighted by atomic mass is 10.0. The highest BCUT2D eigenvalue weighted by Crippen LogP contribution is 2.25. The van der Waals surface area contributed by atoms with E-state index in [0.29, 0.717) is 12.0 Å². The summed E-state index contributed by atoms with van der Waals surface area (Å²) in [5, 5.41) is 17.0. The van der Waals surface area contributed by atoms with Gasteiger partial charge in [-0.3, -0.25) is 9.89 Å². The molecule has 0 amide bonds. The monoisotopic (exact) mass is 372 g/mol. The molecule has 0 radical (unpaired) electrons. The number of aryl methyl sites for hydroxylation is 1. The molecule has 27 heavy (non-hydrogen) atoms. The third-order valence-corrected chi connectivity index (χ3v) is 6.03. The van der Waals surface area contributed by atoms with Crippen molar-refractivity contribution in [3.8, 4) is 0 Å². The molecule has 5 nitrogen and oxygen atoms in total. The molecule has 2 aliphatic rings. The molecule has 0 spiro atoms. The quantitative estimate of drug-likeness (QED) is 0.531. The molecule has 1 heterocycles. The van der Waals surface area contributed by atoms with Crippen LogP contribution in [0.15, 0.2) is 29.3 Å². The first-order chi connectivity index (χ1) is 13.2. The standard InChI is InChI=1S/C22H36N4O/c1-3-23-22(24-15-18-9-6-10-21(18)27)25-20-11-13-26(14-12-20)16-19-8-5-4-7-17(19)2/h4-5,7-8,18,20-21,27H,3,6,9-16H2,1-2H3,(H2,23,24,25). The van der Waals surface area contributed by atoms with E-state index in [1.165, 1.54) is 11.1 Å². The zero-order valence-electron chi connectivity index (χ0n) is 17.0. The van der Waals surface area contributed by atoms with Crippen LogP contribution in [0.5, 0.6) is 0 Å². The van der Waals surface area contributed by atoms with Gasteiger partial charge in [0.2, 0.25) is 0 Å². The highest BCUT2D eigenvalue weighted by Gasteiger charge is 2.25. The highest BCUT2D eigenvalue weighted by atomic mass is 16.3. The Kier molecular flexibility index (Phi) is 7.53. The summed E-state index contributed by atoms with van der Waals surface area (Å²) in [7, 11) is 0. The first-order valence-electron chi connectivity index (χ1n) is 10.7. The smallest absolute Gasteiger partial charge is 0.191 e. The van der Waals surface area contributed by atoms with Crippen molar-refractivity contribution in [2.75, 3.05) is 26.2 Å². The van der Waals surface area contributed by atoms with Gasteiger partial charge < -0.3 is 15.7 Å². The fraction of sp³-hybridized carbons (Fsp3) is 0.682. The summed E-state index contributed by atoms with van der Waals surface area (Å²) in [6, 6.07) is 9.17. The van der Waals surface area contributed by atoms with Gasteiger partial charge in [0.1, 0.15) is 0 Å². The lowest BCUT2D eigenvalue weighted by Crippen LogP contribution is -2.48. The van der Waals surface area contributed by atoms with E-state index in [1.54, 1.807) is 0 Å². The van der Waals surface area contributed by atoms with E-state index in [1.807, 2.05) is 0 Å². The van der Waals surface area contributed by atoms with Crippen LogP contribution in [0, 0.1) is 12.8 Å². The Morgan fingerprint density at radius 3 is 2.63 bits per heavy atom. The zero-order valence-corrected chi connectivity index (χ0v) is 17.0. The molecule has 2 fully saturated rings. The lowest BCUT2D eigenvalue weighted by molar-refractivity contribution is 0.136. The molecule has 3 N–H and O–H groups in total. The van der Waals surface area contributed by atoms with Crippen molar-refractivity contribution in [2.24, 2.45) is 10.9 Å². The largest absolute Gasteiger partial charge is 0.393 e. The number of hydrogen-bond donors (Lipinski definition) is 3. The Morgan fingerprint density at radius 1 is 1.19 bits per heavy atom. The molecule has 1 aliphatic carbocycles. The number of aliphatic imine (C=N–C) groups is 1. The topological polar surface area (TPSA) is 59.9 Å². The number of hydrogen-bond acceptors (Lipinski definition) is 3. The molecule has 2 atom stereocenters. The van der Waals surface area contributed by atoms with Crippen molar-refractivity contribution in [3.05, 3.63) is 35.4 Å². The predicted octanol–water partition coefficient (Wildman–Crippen LogP) is 2.68. The summed E-state index contributed by atoms with van der Waals surface area (Å²) in [5.74, 6) is 1.24. The number of piperidine rings is 1. The van der Waals surface area contributed by atoms with Crippen LogP contribution >= 0.6 is 0 Å². The van der Waals surface area contributed by atoms with Crippen LogP contribution in [0.1, 0.15) is 50.2 Å². The highest BCUT2D eigenvalue weighted by molar-refractivity contribution is 5.80. The summed E-state index contributed by atoms with van der Waals surface area (Å²) in [6.07, 6.45) is 5.28. The SMILES string of the molecule is CCNC(=NCC1CCCC1O)NC1CCN(Cc2ccccc2C)CC1. The number of nitrogens with one attached hydrogen (secondary N) is 2. The number of aliphatic hydroxyl groups is 1. The van der Waals surface area contributed by atoms with E-state index in [4.69, 9.17) is 4.99 Å². The molecule has 1 aromatic carbocycles. The van der Waals surface area contributed by atoms with Crippen molar-refractivity contribution in [2.45, 2.75) is 64.6 Å². The van der Waals surface area contributed by atoms with Gasteiger partial charge in [-0.25, -0.2) is 0 Å². The molecule has 1 saturated carbocycles. The predicted molar refractivity (Wildman–Crippen MR) is 112 cm³/mol. The molecule has 0 aromatic heterocycles. The summed E-state index contributed by atoms with van der Waals surface area (Å²) >= 11 is 0. The van der Waals surface area contributed by atoms with E-state index in [9.17, 15) is 5.11 Å².